The Morgan fingerprint density at radius 2 is 1.42 bits per heavy atom. The van der Waals surface area contributed by atoms with Gasteiger partial charge in [-0.05, 0) is 24.6 Å². The maximum Gasteiger partial charge on any atom is 0.466 e. The van der Waals surface area contributed by atoms with E-state index in [1.54, 1.807) is 0 Å². The topological polar surface area (TPSA) is 271 Å². The van der Waals surface area contributed by atoms with Gasteiger partial charge in [0.25, 0.3) is 0 Å². The van der Waals surface area contributed by atoms with E-state index in [4.69, 9.17) is 54.5 Å². The first kappa shape index (κ1) is 26.7. The Morgan fingerprint density at radius 1 is 1.04 bits per heavy atom. The monoisotopic (exact) mass is 422 g/mol. The van der Waals surface area contributed by atoms with Gasteiger partial charge in [-0.25, -0.2) is 14.6 Å². The number of aliphatic carboxylic acids is 1. The van der Waals surface area contributed by atoms with Crippen molar-refractivity contribution >= 4 is 21.6 Å². The third-order valence-corrected chi connectivity index (χ3v) is 2.39. The van der Waals surface area contributed by atoms with Crippen molar-refractivity contribution in [3.8, 4) is 11.5 Å². The second kappa shape index (κ2) is 10.5. The Morgan fingerprint density at radius 3 is 1.69 bits per heavy atom. The average molecular weight is 422 g/mol. The zero-order valence-corrected chi connectivity index (χ0v) is 14.9. The number of nitrogens with two attached hydrogens (primary N) is 1. The number of aromatic hydroxyl groups is 2. The molecular weight excluding hydrogens is 402 g/mol. The molecule has 0 amide bonds. The number of hydrazine groups is 1. The molecule has 0 spiro atoms. The van der Waals surface area contributed by atoms with Crippen molar-refractivity contribution < 1.29 is 58.6 Å². The second-order valence-electron chi connectivity index (χ2n) is 4.81. The number of rotatable bonds is 4. The van der Waals surface area contributed by atoms with Crippen LogP contribution < -0.4 is 11.3 Å². The molecule has 0 saturated carbocycles. The minimum Gasteiger partial charge on any atom is -0.504 e. The van der Waals surface area contributed by atoms with Crippen LogP contribution in [-0.2, 0) is 20.3 Å². The van der Waals surface area contributed by atoms with Crippen molar-refractivity contribution in [1.29, 1.82) is 0 Å². The Kier molecular flexibility index (Phi) is 10.8. The quantitative estimate of drug-likeness (QED) is 0.109. The molecule has 1 rings (SSSR count). The molecule has 0 bridgehead atoms. The molecule has 1 atom stereocenters. The lowest BCUT2D eigenvalue weighted by Crippen LogP contribution is -2.54. The van der Waals surface area contributed by atoms with E-state index in [-0.39, 0.29) is 17.9 Å². The van der Waals surface area contributed by atoms with E-state index in [1.165, 1.54) is 25.1 Å². The van der Waals surface area contributed by atoms with Gasteiger partial charge < -0.3 is 44.7 Å². The van der Waals surface area contributed by atoms with Gasteiger partial charge in [-0.3, -0.25) is 10.6 Å². The van der Waals surface area contributed by atoms with E-state index in [9.17, 15) is 9.90 Å². The van der Waals surface area contributed by atoms with E-state index < -0.39 is 27.2 Å². The predicted molar refractivity (Wildman–Crippen MR) is 85.4 cm³/mol. The predicted octanol–water partition coefficient (Wildman–Crippen LogP) is -1.91. The van der Waals surface area contributed by atoms with Gasteiger partial charge in [0.15, 0.2) is 11.5 Å². The third kappa shape index (κ3) is 15.9. The number of carbonyl (C=O) groups is 1. The van der Waals surface area contributed by atoms with Crippen molar-refractivity contribution in [3.05, 3.63) is 23.8 Å². The summed E-state index contributed by atoms with van der Waals surface area (Å²) in [5, 5.41) is 27.3. The van der Waals surface area contributed by atoms with Gasteiger partial charge in [-0.15, -0.1) is 0 Å². The van der Waals surface area contributed by atoms with Crippen LogP contribution in [0.4, 0.5) is 0 Å². The number of phenolic OH excluding ortho intramolecular Hbond substituents is 2. The number of hydrogen-bond donors (Lipinski definition) is 11. The van der Waals surface area contributed by atoms with Crippen LogP contribution in [0, 0.1) is 0 Å². The van der Waals surface area contributed by atoms with Crippen LogP contribution >= 0.6 is 15.6 Å². The lowest BCUT2D eigenvalue weighted by Gasteiger charge is -2.23. The Hall–Kier alpha value is -1.57. The first-order valence-electron chi connectivity index (χ1n) is 6.17. The zero-order valence-electron chi connectivity index (χ0n) is 13.2. The summed E-state index contributed by atoms with van der Waals surface area (Å²) in [7, 11) is -9.28. The van der Waals surface area contributed by atoms with E-state index in [1.807, 2.05) is 0 Å². The number of nitrogens with one attached hydrogen (secondary N) is 1. The van der Waals surface area contributed by atoms with Gasteiger partial charge in [0.1, 0.15) is 5.54 Å². The van der Waals surface area contributed by atoms with E-state index in [2.05, 4.69) is 5.43 Å². The minimum atomic E-state index is -4.64. The molecule has 26 heavy (non-hydrogen) atoms. The maximum absolute atomic E-state index is 11.0. The van der Waals surface area contributed by atoms with Gasteiger partial charge in [0.2, 0.25) is 0 Å². The molecule has 16 heteroatoms. The SMILES string of the molecule is C[C@@](Cc1ccc(O)c(O)c1)(NN)C(=O)O.O=P(O)(O)O.O=P(O)(O)O. The largest absolute Gasteiger partial charge is 0.504 e. The summed E-state index contributed by atoms with van der Waals surface area (Å²) in [6.45, 7) is 1.43. The molecule has 0 radical (unpaired) electrons. The molecule has 0 heterocycles. The van der Waals surface area contributed by atoms with Gasteiger partial charge in [-0.2, -0.15) is 0 Å². The van der Waals surface area contributed by atoms with Crippen molar-refractivity contribution in [2.45, 2.75) is 18.9 Å². The number of phenols is 2. The van der Waals surface area contributed by atoms with Crippen molar-refractivity contribution in [3.63, 3.8) is 0 Å². The molecule has 0 aromatic heterocycles. The fourth-order valence-corrected chi connectivity index (χ4v) is 1.28. The minimum absolute atomic E-state index is 0.0900. The summed E-state index contributed by atoms with van der Waals surface area (Å²) in [6, 6.07) is 4.12. The first-order valence-corrected chi connectivity index (χ1v) is 9.30. The summed E-state index contributed by atoms with van der Waals surface area (Å²) < 4.78 is 17.8. The molecule has 0 aliphatic heterocycles. The highest BCUT2D eigenvalue weighted by Crippen LogP contribution is 2.27. The fourth-order valence-electron chi connectivity index (χ4n) is 1.28. The highest BCUT2D eigenvalue weighted by atomic mass is 31.2. The second-order valence-corrected chi connectivity index (χ2v) is 6.86. The van der Waals surface area contributed by atoms with Crippen molar-refractivity contribution in [1.82, 2.24) is 5.43 Å². The first-order chi connectivity index (χ1) is 11.4. The number of benzene rings is 1. The molecule has 1 aromatic rings. The molecular formula is C10H20N2O12P2. The molecule has 14 nitrogen and oxygen atoms in total. The molecule has 1 aromatic carbocycles. The third-order valence-electron chi connectivity index (χ3n) is 2.39. The Bertz CT molecular complexity index is 650. The lowest BCUT2D eigenvalue weighted by atomic mass is 9.93. The Balaban J connectivity index is 0. The molecule has 0 aliphatic rings. The van der Waals surface area contributed by atoms with Crippen LogP contribution in [-0.4, -0.2) is 56.2 Å². The molecule has 0 unspecified atom stereocenters. The number of carboxylic acids is 1. The summed E-state index contributed by atoms with van der Waals surface area (Å²) in [4.78, 5) is 54.1. The van der Waals surface area contributed by atoms with Gasteiger partial charge in [-0.1, -0.05) is 6.07 Å². The van der Waals surface area contributed by atoms with Crippen LogP contribution in [0.3, 0.4) is 0 Å². The summed E-state index contributed by atoms with van der Waals surface area (Å²) >= 11 is 0. The number of carboxylic acid groups (broad SMARTS) is 1. The van der Waals surface area contributed by atoms with Crippen LogP contribution in [0.5, 0.6) is 11.5 Å². The molecule has 0 saturated heterocycles. The van der Waals surface area contributed by atoms with Crippen LogP contribution in [0.25, 0.3) is 0 Å². The van der Waals surface area contributed by atoms with Gasteiger partial charge in [0.05, 0.1) is 0 Å². The fraction of sp³-hybridized carbons (Fsp3) is 0.300. The van der Waals surface area contributed by atoms with Gasteiger partial charge >= 0.3 is 21.6 Å². The molecule has 0 fully saturated rings. The molecule has 12 N–H and O–H groups in total. The standard InChI is InChI=1S/C10H14N2O4.2H3O4P/c1-10(12-11,9(15)16)5-6-2-3-7(13)8(14)4-6;2*1-5(2,3)4/h2-4,12-14H,5,11H2,1H3,(H,15,16);2*(H3,1,2,3,4)/t10-;;/m0../s1. The number of phosphoric acid groups is 2. The smallest absolute Gasteiger partial charge is 0.466 e. The molecule has 0 aliphatic carbocycles. The van der Waals surface area contributed by atoms with E-state index >= 15 is 0 Å². The summed E-state index contributed by atoms with van der Waals surface area (Å²) in [5.74, 6) is 3.55. The highest BCUT2D eigenvalue weighted by Gasteiger charge is 2.32. The van der Waals surface area contributed by atoms with Gasteiger partial charge in [0, 0.05) is 6.42 Å². The Labute approximate surface area is 146 Å². The maximum atomic E-state index is 11.0. The normalized spacial score (nSPS) is 13.4. The van der Waals surface area contributed by atoms with Crippen molar-refractivity contribution in [2.75, 3.05) is 0 Å². The summed E-state index contributed by atoms with van der Waals surface area (Å²) in [6.07, 6.45) is 0.0900. The van der Waals surface area contributed by atoms with E-state index in [0.717, 1.165) is 0 Å². The van der Waals surface area contributed by atoms with Crippen LogP contribution in [0.2, 0.25) is 0 Å². The van der Waals surface area contributed by atoms with E-state index in [0.29, 0.717) is 5.56 Å². The lowest BCUT2D eigenvalue weighted by molar-refractivity contribution is -0.144. The summed E-state index contributed by atoms with van der Waals surface area (Å²) in [5.41, 5.74) is 1.45. The molecule has 152 valence electrons. The number of hydrogen-bond acceptors (Lipinski definition) is 7. The zero-order chi connectivity index (χ0) is 21.3. The average Bonchev–Trinajstić information content (AvgIpc) is 2.39. The van der Waals surface area contributed by atoms with Crippen LogP contribution in [0.1, 0.15) is 12.5 Å². The van der Waals surface area contributed by atoms with Crippen LogP contribution in [0.15, 0.2) is 18.2 Å². The highest BCUT2D eigenvalue weighted by molar-refractivity contribution is 7.45. The van der Waals surface area contributed by atoms with Crippen molar-refractivity contribution in [2.24, 2.45) is 5.84 Å².